The second kappa shape index (κ2) is 18.6. The zero-order chi connectivity index (χ0) is 43.1. The summed E-state index contributed by atoms with van der Waals surface area (Å²) >= 11 is 0. The van der Waals surface area contributed by atoms with E-state index in [9.17, 15) is 0 Å². The van der Waals surface area contributed by atoms with Crippen molar-refractivity contribution in [3.8, 4) is 22.3 Å². The van der Waals surface area contributed by atoms with Crippen molar-refractivity contribution in [1.29, 1.82) is 0 Å². The lowest BCUT2D eigenvalue weighted by molar-refractivity contribution is 0.270. The molecule has 0 radical (unpaired) electrons. The predicted molar refractivity (Wildman–Crippen MR) is 263 cm³/mol. The summed E-state index contributed by atoms with van der Waals surface area (Å²) in [6.07, 6.45) is 9.68. The Kier molecular flexibility index (Phi) is 12.1. The lowest BCUT2D eigenvalue weighted by Crippen LogP contribution is -2.43. The Labute approximate surface area is 371 Å². The van der Waals surface area contributed by atoms with Gasteiger partial charge in [-0.05, 0) is 121 Å². The van der Waals surface area contributed by atoms with E-state index in [4.69, 9.17) is 21.1 Å². The molecule has 0 saturated carbocycles. The van der Waals surface area contributed by atoms with Crippen LogP contribution in [0.1, 0.15) is 40.0 Å². The molecule has 7 aromatic rings. The highest BCUT2D eigenvalue weighted by atomic mass is 15.5. The number of nitrogen functional groups attached to an aromatic ring is 1. The van der Waals surface area contributed by atoms with E-state index in [1.165, 1.54) is 5.57 Å². The Morgan fingerprint density at radius 3 is 1.63 bits per heavy atom. The number of nitrogens with two attached hydrogens (primary N) is 1. The molecule has 0 atom stereocenters. The quantitative estimate of drug-likeness (QED) is 0.0928. The van der Waals surface area contributed by atoms with Gasteiger partial charge in [0.25, 0.3) is 0 Å². The van der Waals surface area contributed by atoms with Crippen LogP contribution in [0.5, 0.6) is 0 Å². The van der Waals surface area contributed by atoms with Crippen LogP contribution >= 0.6 is 0 Å². The lowest BCUT2D eigenvalue weighted by atomic mass is 9.89. The zero-order valence-electron chi connectivity index (χ0n) is 36.3. The average Bonchev–Trinajstić information content (AvgIpc) is 3.33. The summed E-state index contributed by atoms with van der Waals surface area (Å²) in [5.74, 6) is 0.420. The third-order valence-electron chi connectivity index (χ3n) is 11.6. The molecule has 63 heavy (non-hydrogen) atoms. The van der Waals surface area contributed by atoms with Crippen molar-refractivity contribution < 1.29 is 0 Å². The third-order valence-corrected chi connectivity index (χ3v) is 11.6. The Bertz CT molecular complexity index is 2850. The molecule has 0 spiro atoms. The summed E-state index contributed by atoms with van der Waals surface area (Å²) in [5, 5.41) is 19.6. The zero-order valence-corrected chi connectivity index (χ0v) is 36.3. The van der Waals surface area contributed by atoms with Gasteiger partial charge in [-0.15, -0.1) is 5.11 Å². The second-order valence-electron chi connectivity index (χ2n) is 16.4. The maximum Gasteiger partial charge on any atom is 0.118 e. The molecule has 7 nitrogen and oxygen atoms in total. The second-order valence-corrected chi connectivity index (χ2v) is 16.4. The third kappa shape index (κ3) is 8.68. The van der Waals surface area contributed by atoms with Gasteiger partial charge < -0.3 is 15.5 Å². The van der Waals surface area contributed by atoms with Crippen LogP contribution in [-0.2, 0) is 0 Å². The number of benzene rings is 7. The highest BCUT2D eigenvalue weighted by Crippen LogP contribution is 2.42. The van der Waals surface area contributed by atoms with Crippen molar-refractivity contribution in [3.05, 3.63) is 204 Å². The van der Waals surface area contributed by atoms with Crippen molar-refractivity contribution in [2.45, 2.75) is 40.0 Å². The van der Waals surface area contributed by atoms with E-state index in [1.54, 1.807) is 0 Å². The van der Waals surface area contributed by atoms with Crippen molar-refractivity contribution >= 4 is 51.1 Å². The largest absolute Gasteiger partial charge is 0.396 e. The smallest absolute Gasteiger partial charge is 0.118 e. The molecule has 9 rings (SSSR count). The number of azo groups is 1. The first-order valence-electron chi connectivity index (χ1n) is 22.1. The molecule has 0 bridgehead atoms. The molecule has 2 aliphatic rings. The van der Waals surface area contributed by atoms with Crippen LogP contribution in [0, 0.1) is 5.92 Å². The minimum Gasteiger partial charge on any atom is -0.396 e. The van der Waals surface area contributed by atoms with Gasteiger partial charge in [0, 0.05) is 57.0 Å². The molecular formula is C56H53N7. The summed E-state index contributed by atoms with van der Waals surface area (Å²) in [6, 6.07) is 58.9. The molecule has 7 heteroatoms. The van der Waals surface area contributed by atoms with E-state index in [-0.39, 0.29) is 0 Å². The summed E-state index contributed by atoms with van der Waals surface area (Å²) < 4.78 is 0. The average molecular weight is 824 g/mol. The van der Waals surface area contributed by atoms with E-state index in [2.05, 4.69) is 181 Å². The fourth-order valence-electron chi connectivity index (χ4n) is 8.70. The number of anilines is 6. The van der Waals surface area contributed by atoms with Crippen molar-refractivity contribution in [1.82, 2.24) is 5.01 Å². The maximum atomic E-state index is 7.53. The van der Waals surface area contributed by atoms with E-state index < -0.39 is 0 Å². The molecular weight excluding hydrogens is 771 g/mol. The van der Waals surface area contributed by atoms with Crippen molar-refractivity contribution in [2.24, 2.45) is 21.2 Å². The minimum absolute atomic E-state index is 0.420. The number of para-hydroxylation sites is 3. The van der Waals surface area contributed by atoms with Crippen molar-refractivity contribution in [2.75, 3.05) is 28.6 Å². The van der Waals surface area contributed by atoms with Gasteiger partial charge in [0.15, 0.2) is 0 Å². The predicted octanol–water partition coefficient (Wildman–Crippen LogP) is 13.9. The van der Waals surface area contributed by atoms with Crippen molar-refractivity contribution in [3.63, 3.8) is 0 Å². The van der Waals surface area contributed by atoms with Gasteiger partial charge in [-0.25, -0.2) is 0 Å². The van der Waals surface area contributed by atoms with Crippen LogP contribution < -0.4 is 26.1 Å². The first-order valence-corrected chi connectivity index (χ1v) is 22.1. The number of hydrogen-bond acceptors (Lipinski definition) is 7. The summed E-state index contributed by atoms with van der Waals surface area (Å²) in [6.45, 7) is 8.27. The lowest BCUT2D eigenvalue weighted by Gasteiger charge is -2.29. The van der Waals surface area contributed by atoms with Crippen LogP contribution in [0.25, 0.3) is 27.8 Å². The van der Waals surface area contributed by atoms with Crippen LogP contribution in [0.3, 0.4) is 0 Å². The van der Waals surface area contributed by atoms with Crippen LogP contribution in [0.2, 0.25) is 0 Å². The van der Waals surface area contributed by atoms with E-state index >= 15 is 0 Å². The molecule has 1 aliphatic heterocycles. The van der Waals surface area contributed by atoms with Crippen LogP contribution in [0.15, 0.2) is 209 Å². The molecule has 312 valence electrons. The molecule has 7 aromatic carbocycles. The fraction of sp³-hybridized carbons (Fsp3) is 0.161. The molecule has 0 saturated heterocycles. The maximum absolute atomic E-state index is 7.53. The minimum atomic E-state index is 0.420. The van der Waals surface area contributed by atoms with E-state index in [1.807, 2.05) is 42.5 Å². The Morgan fingerprint density at radius 1 is 0.603 bits per heavy atom. The van der Waals surface area contributed by atoms with Gasteiger partial charge in [-0.2, -0.15) is 10.2 Å². The fourth-order valence-corrected chi connectivity index (χ4v) is 8.70. The molecule has 2 N–H and O–H groups in total. The Morgan fingerprint density at radius 2 is 1.11 bits per heavy atom. The van der Waals surface area contributed by atoms with Gasteiger partial charge in [-0.3, -0.25) is 5.01 Å². The number of rotatable bonds is 13. The van der Waals surface area contributed by atoms with Gasteiger partial charge in [0.2, 0.25) is 0 Å². The summed E-state index contributed by atoms with van der Waals surface area (Å²) in [5.41, 5.74) is 21.0. The SMILES string of the molecule is CCC1=c2c(-c3ccc(N(c4ccccc4)c4ccccc4)cc3)c(N=Nc3ccccc3)c(N)c(-c3ccc(N(C4=CCCC=C4)c4ccccc4)cc3)c2=NN(CC(C)C)C1. The number of fused-ring (bicyclic) bond motifs is 1. The van der Waals surface area contributed by atoms with Gasteiger partial charge in [-0.1, -0.05) is 130 Å². The molecule has 0 amide bonds. The van der Waals surface area contributed by atoms with Crippen LogP contribution in [0.4, 0.5) is 45.5 Å². The Balaban J connectivity index is 1.26. The van der Waals surface area contributed by atoms with E-state index in [0.29, 0.717) is 17.3 Å². The normalized spacial score (nSPS) is 13.5. The molecule has 0 unspecified atom stereocenters. The highest BCUT2D eigenvalue weighted by molar-refractivity contribution is 5.95. The molecule has 1 heterocycles. The summed E-state index contributed by atoms with van der Waals surface area (Å²) in [4.78, 5) is 4.60. The number of hydrogen-bond donors (Lipinski definition) is 1. The topological polar surface area (TPSA) is 72.8 Å². The number of allylic oxidation sites excluding steroid dienone is 3. The van der Waals surface area contributed by atoms with Gasteiger partial charge in [0.05, 0.1) is 17.9 Å². The molecule has 0 aromatic heterocycles. The van der Waals surface area contributed by atoms with Crippen LogP contribution in [-0.4, -0.2) is 18.1 Å². The first-order chi connectivity index (χ1) is 31.0. The van der Waals surface area contributed by atoms with Gasteiger partial charge >= 0.3 is 0 Å². The number of nitrogens with zero attached hydrogens (tertiary/aromatic N) is 6. The highest BCUT2D eigenvalue weighted by Gasteiger charge is 2.26. The molecule has 0 fully saturated rings. The Hall–Kier alpha value is -7.51. The standard InChI is InChI=1S/C56H53N7/c1-4-41-39-61(38-40(2)3)60-55-51(41)52(42-30-34-49(35-31-42)62(45-22-12-6-13-23-45)46-24-14-7-15-25-46)56(59-58-44-20-10-5-11-21-44)54(57)53(55)43-32-36-50(37-33-43)63(47-26-16-8-17-27-47)48-28-18-9-19-29-48/h5-8,10-18,20-37,40H,4,9,19,38-39,57H2,1-3H3. The monoisotopic (exact) mass is 823 g/mol. The van der Waals surface area contributed by atoms with E-state index in [0.717, 1.165) is 105 Å². The molecule has 1 aliphatic carbocycles. The van der Waals surface area contributed by atoms with Gasteiger partial charge in [0.1, 0.15) is 11.0 Å². The summed E-state index contributed by atoms with van der Waals surface area (Å²) in [7, 11) is 0. The first kappa shape index (κ1) is 40.9.